The number of piperidine rings is 1. The zero-order chi connectivity index (χ0) is 13.7. The zero-order valence-corrected chi connectivity index (χ0v) is 12.3. The fourth-order valence-electron chi connectivity index (χ4n) is 3.28. The number of pyridine rings is 1. The maximum atomic E-state index is 12.3. The van der Waals surface area contributed by atoms with Crippen molar-refractivity contribution in [1.29, 1.82) is 0 Å². The standard InChI is InChI=1S/C14H14BrN3O2/c15-13-3-8-6-17-11(4-12(8)20-13)14(19)18-10-2-7-1-9(10)16-5-7/h3-4,6-7,9-10,16H,1-2,5H2,(H,18,19). The maximum absolute atomic E-state index is 12.3. The van der Waals surface area contributed by atoms with E-state index in [0.717, 1.165) is 18.4 Å². The fraction of sp³-hybridized carbons (Fsp3) is 0.429. The highest BCUT2D eigenvalue weighted by atomic mass is 79.9. The highest BCUT2D eigenvalue weighted by Crippen LogP contribution is 2.31. The number of furan rings is 1. The second-order valence-electron chi connectivity index (χ2n) is 5.59. The number of carbonyl (C=O) groups excluding carboxylic acids is 1. The highest BCUT2D eigenvalue weighted by Gasteiger charge is 2.40. The molecule has 3 atom stereocenters. The van der Waals surface area contributed by atoms with E-state index in [-0.39, 0.29) is 11.9 Å². The molecule has 1 aliphatic heterocycles. The molecule has 3 heterocycles. The first-order valence-electron chi connectivity index (χ1n) is 6.78. The van der Waals surface area contributed by atoms with Crippen molar-refractivity contribution in [3.05, 3.63) is 28.7 Å². The Morgan fingerprint density at radius 2 is 2.35 bits per heavy atom. The summed E-state index contributed by atoms with van der Waals surface area (Å²) in [4.78, 5) is 16.5. The Kier molecular flexibility index (Phi) is 2.82. The van der Waals surface area contributed by atoms with Crippen LogP contribution in [0.4, 0.5) is 0 Å². The van der Waals surface area contributed by atoms with Gasteiger partial charge in [0.2, 0.25) is 0 Å². The third kappa shape index (κ3) is 2.03. The first-order chi connectivity index (χ1) is 9.69. The molecule has 1 amide bonds. The van der Waals surface area contributed by atoms with Gasteiger partial charge >= 0.3 is 0 Å². The van der Waals surface area contributed by atoms with Gasteiger partial charge in [0.25, 0.3) is 5.91 Å². The Morgan fingerprint density at radius 3 is 3.10 bits per heavy atom. The molecule has 0 spiro atoms. The smallest absolute Gasteiger partial charge is 0.270 e. The summed E-state index contributed by atoms with van der Waals surface area (Å²) >= 11 is 3.28. The topological polar surface area (TPSA) is 67.2 Å². The summed E-state index contributed by atoms with van der Waals surface area (Å²) in [6.07, 6.45) is 3.90. The molecule has 4 rings (SSSR count). The van der Waals surface area contributed by atoms with Crippen molar-refractivity contribution >= 4 is 32.8 Å². The summed E-state index contributed by atoms with van der Waals surface area (Å²) < 4.78 is 6.11. The number of carbonyl (C=O) groups is 1. The van der Waals surface area contributed by atoms with Gasteiger partial charge in [-0.2, -0.15) is 0 Å². The van der Waals surface area contributed by atoms with E-state index in [2.05, 4.69) is 31.5 Å². The zero-order valence-electron chi connectivity index (χ0n) is 10.7. The lowest BCUT2D eigenvalue weighted by Crippen LogP contribution is -2.48. The first-order valence-corrected chi connectivity index (χ1v) is 7.58. The van der Waals surface area contributed by atoms with Crippen molar-refractivity contribution in [3.8, 4) is 0 Å². The molecule has 2 bridgehead atoms. The number of amides is 1. The number of nitrogens with zero attached hydrogens (tertiary/aromatic N) is 1. The van der Waals surface area contributed by atoms with Crippen LogP contribution >= 0.6 is 15.9 Å². The van der Waals surface area contributed by atoms with E-state index >= 15 is 0 Å². The molecule has 2 fully saturated rings. The lowest BCUT2D eigenvalue weighted by Gasteiger charge is -2.23. The Labute approximate surface area is 124 Å². The van der Waals surface area contributed by atoms with Crippen molar-refractivity contribution in [1.82, 2.24) is 15.6 Å². The van der Waals surface area contributed by atoms with E-state index in [1.165, 1.54) is 6.42 Å². The predicted molar refractivity (Wildman–Crippen MR) is 77.5 cm³/mol. The Morgan fingerprint density at radius 1 is 1.45 bits per heavy atom. The third-order valence-corrected chi connectivity index (χ3v) is 4.64. The van der Waals surface area contributed by atoms with Crippen molar-refractivity contribution in [2.24, 2.45) is 5.92 Å². The number of hydrogen-bond donors (Lipinski definition) is 2. The van der Waals surface area contributed by atoms with Crippen molar-refractivity contribution in [2.75, 3.05) is 6.54 Å². The molecular formula is C14H14BrN3O2. The molecule has 6 heteroatoms. The van der Waals surface area contributed by atoms with Gasteiger partial charge in [-0.25, -0.2) is 0 Å². The van der Waals surface area contributed by atoms with Gasteiger partial charge in [-0.15, -0.1) is 0 Å². The van der Waals surface area contributed by atoms with E-state index in [9.17, 15) is 4.79 Å². The third-order valence-electron chi connectivity index (χ3n) is 4.25. The second kappa shape index (κ2) is 4.56. The number of fused-ring (bicyclic) bond motifs is 3. The van der Waals surface area contributed by atoms with Gasteiger partial charge in [0.1, 0.15) is 11.3 Å². The van der Waals surface area contributed by atoms with Crippen LogP contribution in [0.2, 0.25) is 0 Å². The molecule has 2 aromatic rings. The Balaban J connectivity index is 1.54. The van der Waals surface area contributed by atoms with Gasteiger partial charge in [0.15, 0.2) is 4.67 Å². The number of halogens is 1. The maximum Gasteiger partial charge on any atom is 0.270 e. The van der Waals surface area contributed by atoms with Crippen LogP contribution in [0.25, 0.3) is 11.0 Å². The van der Waals surface area contributed by atoms with Gasteiger partial charge in [-0.1, -0.05) is 0 Å². The highest BCUT2D eigenvalue weighted by molar-refractivity contribution is 9.10. The molecule has 2 aromatic heterocycles. The van der Waals surface area contributed by atoms with Gasteiger partial charge < -0.3 is 15.1 Å². The molecule has 104 valence electrons. The van der Waals surface area contributed by atoms with Crippen LogP contribution in [-0.4, -0.2) is 29.5 Å². The lowest BCUT2D eigenvalue weighted by molar-refractivity contribution is 0.0923. The summed E-state index contributed by atoms with van der Waals surface area (Å²) in [5.41, 5.74) is 1.07. The van der Waals surface area contributed by atoms with Gasteiger partial charge in [0, 0.05) is 35.8 Å². The number of nitrogens with one attached hydrogen (secondary N) is 2. The van der Waals surface area contributed by atoms with Crippen LogP contribution in [0.5, 0.6) is 0 Å². The SMILES string of the molecule is O=C(NC1CC2CNC1C2)c1cc2oc(Br)cc2cn1. The molecule has 1 saturated carbocycles. The average Bonchev–Trinajstić information content (AvgIpc) is 3.10. The number of hydrogen-bond acceptors (Lipinski definition) is 4. The lowest BCUT2D eigenvalue weighted by atomic mass is 10.1. The molecule has 5 nitrogen and oxygen atoms in total. The molecule has 1 saturated heterocycles. The van der Waals surface area contributed by atoms with Gasteiger partial charge in [-0.3, -0.25) is 9.78 Å². The molecule has 2 N–H and O–H groups in total. The summed E-state index contributed by atoms with van der Waals surface area (Å²) in [5, 5.41) is 7.40. The molecule has 0 aromatic carbocycles. The Hall–Kier alpha value is -1.40. The average molecular weight is 336 g/mol. The summed E-state index contributed by atoms with van der Waals surface area (Å²) in [6, 6.07) is 4.17. The second-order valence-corrected chi connectivity index (χ2v) is 6.37. The van der Waals surface area contributed by atoms with Gasteiger partial charge in [-0.05, 0) is 41.2 Å². The van der Waals surface area contributed by atoms with E-state index in [4.69, 9.17) is 4.42 Å². The summed E-state index contributed by atoms with van der Waals surface area (Å²) in [7, 11) is 0. The number of aromatic nitrogens is 1. The van der Waals surface area contributed by atoms with Gasteiger partial charge in [0.05, 0.1) is 0 Å². The molecular weight excluding hydrogens is 322 g/mol. The minimum Gasteiger partial charge on any atom is -0.449 e. The molecule has 0 radical (unpaired) electrons. The van der Waals surface area contributed by atoms with Crippen LogP contribution in [0, 0.1) is 5.92 Å². The van der Waals surface area contributed by atoms with E-state index in [1.54, 1.807) is 12.3 Å². The molecule has 20 heavy (non-hydrogen) atoms. The number of rotatable bonds is 2. The van der Waals surface area contributed by atoms with Crippen molar-refractivity contribution in [2.45, 2.75) is 24.9 Å². The van der Waals surface area contributed by atoms with E-state index < -0.39 is 0 Å². The molecule has 1 aliphatic carbocycles. The molecule has 3 unspecified atom stereocenters. The first kappa shape index (κ1) is 12.3. The van der Waals surface area contributed by atoms with Crippen molar-refractivity contribution < 1.29 is 9.21 Å². The normalized spacial score (nSPS) is 28.1. The van der Waals surface area contributed by atoms with Crippen LogP contribution in [0.15, 0.2) is 27.4 Å². The quantitative estimate of drug-likeness (QED) is 0.881. The fourth-order valence-corrected chi connectivity index (χ4v) is 3.70. The van der Waals surface area contributed by atoms with E-state index in [0.29, 0.717) is 27.9 Å². The summed E-state index contributed by atoms with van der Waals surface area (Å²) in [5.74, 6) is 0.584. The largest absolute Gasteiger partial charge is 0.449 e. The van der Waals surface area contributed by atoms with Crippen molar-refractivity contribution in [3.63, 3.8) is 0 Å². The predicted octanol–water partition coefficient (Wildman–Crippen LogP) is 2.07. The Bertz CT molecular complexity index is 684. The minimum absolute atomic E-state index is 0.126. The summed E-state index contributed by atoms with van der Waals surface area (Å²) in [6.45, 7) is 1.08. The van der Waals surface area contributed by atoms with Crippen LogP contribution < -0.4 is 10.6 Å². The van der Waals surface area contributed by atoms with Crippen LogP contribution in [-0.2, 0) is 0 Å². The molecule has 2 aliphatic rings. The monoisotopic (exact) mass is 335 g/mol. The van der Waals surface area contributed by atoms with Crippen LogP contribution in [0.1, 0.15) is 23.3 Å². The van der Waals surface area contributed by atoms with E-state index in [1.807, 2.05) is 6.07 Å². The minimum atomic E-state index is -0.126. The van der Waals surface area contributed by atoms with Crippen LogP contribution in [0.3, 0.4) is 0 Å².